The first-order valence-electron chi connectivity index (χ1n) is 6.17. The number of rotatable bonds is 6. The van der Waals surface area contributed by atoms with E-state index in [-0.39, 0.29) is 6.61 Å². The summed E-state index contributed by atoms with van der Waals surface area (Å²) in [6, 6.07) is 0.630. The van der Waals surface area contributed by atoms with Gasteiger partial charge in [-0.2, -0.15) is 0 Å². The summed E-state index contributed by atoms with van der Waals surface area (Å²) in [6.07, 6.45) is 5.15. The Bertz CT molecular complexity index is 339. The maximum Gasteiger partial charge on any atom is 0.107 e. The van der Waals surface area contributed by atoms with Gasteiger partial charge in [0.05, 0.1) is 24.7 Å². The van der Waals surface area contributed by atoms with Crippen molar-refractivity contribution >= 4 is 22.9 Å². The molecule has 3 nitrogen and oxygen atoms in total. The minimum Gasteiger partial charge on any atom is -0.395 e. The fourth-order valence-electron chi connectivity index (χ4n) is 2.45. The van der Waals surface area contributed by atoms with Gasteiger partial charge in [-0.3, -0.25) is 4.90 Å². The van der Waals surface area contributed by atoms with Crippen LogP contribution in [-0.4, -0.2) is 34.2 Å². The first-order chi connectivity index (χ1) is 8.33. The molecule has 96 valence electrons. The molecule has 0 atom stereocenters. The summed E-state index contributed by atoms with van der Waals surface area (Å²) in [5.74, 6) is 0.486. The van der Waals surface area contributed by atoms with Gasteiger partial charge < -0.3 is 5.11 Å². The van der Waals surface area contributed by atoms with E-state index in [0.29, 0.717) is 11.9 Å². The molecule has 2 rings (SSSR count). The van der Waals surface area contributed by atoms with Crippen molar-refractivity contribution in [2.24, 2.45) is 0 Å². The number of alkyl halides is 1. The summed E-state index contributed by atoms with van der Waals surface area (Å²) in [6.45, 7) is 1.83. The van der Waals surface area contributed by atoms with Gasteiger partial charge in [0, 0.05) is 18.0 Å². The lowest BCUT2D eigenvalue weighted by Crippen LogP contribution is -2.35. The molecule has 17 heavy (non-hydrogen) atoms. The number of thiazole rings is 1. The summed E-state index contributed by atoms with van der Waals surface area (Å²) in [5.41, 5.74) is 0.960. The summed E-state index contributed by atoms with van der Waals surface area (Å²) >= 11 is 7.42. The predicted molar refractivity (Wildman–Crippen MR) is 71.4 cm³/mol. The highest BCUT2D eigenvalue weighted by Crippen LogP contribution is 2.25. The number of halogens is 1. The standard InChI is InChI=1S/C12H19ClN2OS/c13-7-10-9-17-12(14-10)8-15(5-6-16)11-3-1-2-4-11/h9,11,16H,1-8H2. The largest absolute Gasteiger partial charge is 0.395 e. The minimum absolute atomic E-state index is 0.226. The molecule has 0 bridgehead atoms. The number of hydrogen-bond donors (Lipinski definition) is 1. The third kappa shape index (κ3) is 3.65. The zero-order chi connectivity index (χ0) is 12.1. The second-order valence-corrected chi connectivity index (χ2v) is 5.71. The number of aliphatic hydroxyl groups excluding tert-OH is 1. The summed E-state index contributed by atoms with van der Waals surface area (Å²) < 4.78 is 0. The lowest BCUT2D eigenvalue weighted by atomic mass is 10.2. The Morgan fingerprint density at radius 2 is 2.24 bits per heavy atom. The van der Waals surface area contributed by atoms with E-state index in [1.54, 1.807) is 11.3 Å². The molecule has 1 heterocycles. The fraction of sp³-hybridized carbons (Fsp3) is 0.750. The van der Waals surface area contributed by atoms with E-state index < -0.39 is 0 Å². The summed E-state index contributed by atoms with van der Waals surface area (Å²) in [5, 5.41) is 12.3. The van der Waals surface area contributed by atoms with Crippen LogP contribution in [0.3, 0.4) is 0 Å². The summed E-state index contributed by atoms with van der Waals surface area (Å²) in [4.78, 5) is 6.85. The molecule has 0 amide bonds. The van der Waals surface area contributed by atoms with E-state index in [1.165, 1.54) is 25.7 Å². The van der Waals surface area contributed by atoms with Gasteiger partial charge in [-0.05, 0) is 12.8 Å². The van der Waals surface area contributed by atoms with Crippen LogP contribution in [0, 0.1) is 0 Å². The molecule has 1 aromatic rings. The monoisotopic (exact) mass is 274 g/mol. The van der Waals surface area contributed by atoms with Crippen LogP contribution in [-0.2, 0) is 12.4 Å². The van der Waals surface area contributed by atoms with Gasteiger partial charge in [0.25, 0.3) is 0 Å². The molecule has 0 saturated heterocycles. The van der Waals surface area contributed by atoms with Crippen LogP contribution in [0.4, 0.5) is 0 Å². The van der Waals surface area contributed by atoms with Crippen molar-refractivity contribution in [1.82, 2.24) is 9.88 Å². The average molecular weight is 275 g/mol. The molecule has 0 aromatic carbocycles. The fourth-order valence-corrected chi connectivity index (χ4v) is 3.49. The Labute approximate surface area is 111 Å². The van der Waals surface area contributed by atoms with Gasteiger partial charge in [-0.25, -0.2) is 4.98 Å². The van der Waals surface area contributed by atoms with Crippen molar-refractivity contribution in [3.8, 4) is 0 Å². The van der Waals surface area contributed by atoms with Crippen molar-refractivity contribution in [2.75, 3.05) is 13.2 Å². The lowest BCUT2D eigenvalue weighted by Gasteiger charge is -2.26. The summed E-state index contributed by atoms with van der Waals surface area (Å²) in [7, 11) is 0. The molecule has 5 heteroatoms. The van der Waals surface area contributed by atoms with Crippen LogP contribution in [0.1, 0.15) is 36.4 Å². The highest BCUT2D eigenvalue weighted by molar-refractivity contribution is 7.09. The van der Waals surface area contributed by atoms with Crippen molar-refractivity contribution in [3.05, 3.63) is 16.1 Å². The van der Waals surface area contributed by atoms with Crippen molar-refractivity contribution < 1.29 is 5.11 Å². The number of hydrogen-bond acceptors (Lipinski definition) is 4. The maximum atomic E-state index is 9.15. The Kier molecular flexibility index (Phi) is 5.22. The number of aromatic nitrogens is 1. The van der Waals surface area contributed by atoms with Crippen molar-refractivity contribution in [2.45, 2.75) is 44.1 Å². The van der Waals surface area contributed by atoms with Gasteiger partial charge in [0.1, 0.15) is 5.01 Å². The SMILES string of the molecule is OCCN(Cc1nc(CCl)cs1)C1CCCC1. The molecule has 1 aromatic heterocycles. The number of aliphatic hydroxyl groups is 1. The highest BCUT2D eigenvalue weighted by Gasteiger charge is 2.22. The van der Waals surface area contributed by atoms with Crippen molar-refractivity contribution in [1.29, 1.82) is 0 Å². The molecule has 1 aliphatic carbocycles. The second-order valence-electron chi connectivity index (χ2n) is 4.50. The molecular weight excluding hydrogens is 256 g/mol. The Morgan fingerprint density at radius 1 is 1.47 bits per heavy atom. The molecule has 0 unspecified atom stereocenters. The van der Waals surface area contributed by atoms with E-state index in [1.807, 2.05) is 5.38 Å². The topological polar surface area (TPSA) is 36.4 Å². The number of nitrogens with zero attached hydrogens (tertiary/aromatic N) is 2. The lowest BCUT2D eigenvalue weighted by molar-refractivity contribution is 0.144. The zero-order valence-corrected chi connectivity index (χ0v) is 11.5. The van der Waals surface area contributed by atoms with Crippen molar-refractivity contribution in [3.63, 3.8) is 0 Å². The van der Waals surface area contributed by atoms with Crippen LogP contribution in [0.2, 0.25) is 0 Å². The van der Waals surface area contributed by atoms with Crippen LogP contribution in [0.15, 0.2) is 5.38 Å². The van der Waals surface area contributed by atoms with E-state index in [0.717, 1.165) is 23.8 Å². The molecule has 1 fully saturated rings. The molecular formula is C12H19ClN2OS. The molecule has 0 spiro atoms. The zero-order valence-electron chi connectivity index (χ0n) is 9.94. The Morgan fingerprint density at radius 3 is 2.82 bits per heavy atom. The maximum absolute atomic E-state index is 9.15. The predicted octanol–water partition coefficient (Wildman–Crippen LogP) is 2.62. The third-order valence-electron chi connectivity index (χ3n) is 3.30. The molecule has 1 saturated carbocycles. The van der Waals surface area contributed by atoms with Crippen LogP contribution < -0.4 is 0 Å². The van der Waals surface area contributed by atoms with Gasteiger partial charge in [-0.15, -0.1) is 22.9 Å². The highest BCUT2D eigenvalue weighted by atomic mass is 35.5. The van der Waals surface area contributed by atoms with E-state index in [9.17, 15) is 0 Å². The second kappa shape index (κ2) is 6.69. The molecule has 0 aliphatic heterocycles. The van der Waals surface area contributed by atoms with Gasteiger partial charge >= 0.3 is 0 Å². The van der Waals surface area contributed by atoms with Gasteiger partial charge in [0.2, 0.25) is 0 Å². The molecule has 1 N–H and O–H groups in total. The Hall–Kier alpha value is -0.160. The van der Waals surface area contributed by atoms with Crippen LogP contribution in [0.5, 0.6) is 0 Å². The average Bonchev–Trinajstić information content (AvgIpc) is 2.99. The quantitative estimate of drug-likeness (QED) is 0.810. The van der Waals surface area contributed by atoms with Gasteiger partial charge in [0.15, 0.2) is 0 Å². The minimum atomic E-state index is 0.226. The first-order valence-corrected chi connectivity index (χ1v) is 7.59. The van der Waals surface area contributed by atoms with Crippen LogP contribution in [0.25, 0.3) is 0 Å². The smallest absolute Gasteiger partial charge is 0.107 e. The van der Waals surface area contributed by atoms with Gasteiger partial charge in [-0.1, -0.05) is 12.8 Å². The molecule has 1 aliphatic rings. The molecule has 0 radical (unpaired) electrons. The third-order valence-corrected chi connectivity index (χ3v) is 4.46. The van der Waals surface area contributed by atoms with E-state index >= 15 is 0 Å². The Balaban J connectivity index is 1.96. The van der Waals surface area contributed by atoms with E-state index in [4.69, 9.17) is 16.7 Å². The van der Waals surface area contributed by atoms with Crippen LogP contribution >= 0.6 is 22.9 Å². The first kappa shape index (κ1) is 13.3. The normalized spacial score (nSPS) is 17.1. The van der Waals surface area contributed by atoms with E-state index in [2.05, 4.69) is 9.88 Å².